The molecular weight excluding hydrogens is 460 g/mol. The number of carbonyl (C=O) groups is 2. The van der Waals surface area contributed by atoms with E-state index < -0.39 is 4.92 Å². The van der Waals surface area contributed by atoms with Crippen molar-refractivity contribution in [3.05, 3.63) is 70.3 Å². The van der Waals surface area contributed by atoms with E-state index in [0.29, 0.717) is 33.9 Å². The van der Waals surface area contributed by atoms with Gasteiger partial charge in [0.2, 0.25) is 5.91 Å². The summed E-state index contributed by atoms with van der Waals surface area (Å²) in [6, 6.07) is 15.3. The second-order valence-electron chi connectivity index (χ2n) is 9.07. The van der Waals surface area contributed by atoms with E-state index in [1.165, 1.54) is 19.6 Å². The fraction of sp³-hybridized carbons (Fsp3) is 0.259. The van der Waals surface area contributed by atoms with E-state index in [9.17, 15) is 19.7 Å². The maximum atomic E-state index is 12.9. The molecular formula is C27H26N4O5. The number of rotatable bonds is 5. The topological polar surface area (TPSA) is 123 Å². The van der Waals surface area contributed by atoms with Gasteiger partial charge >= 0.3 is 5.69 Å². The summed E-state index contributed by atoms with van der Waals surface area (Å²) >= 11 is 0. The largest absolute Gasteiger partial charge is 0.490 e. The van der Waals surface area contributed by atoms with Gasteiger partial charge in [-0.15, -0.1) is 0 Å². The lowest BCUT2D eigenvalue weighted by Gasteiger charge is -2.21. The molecule has 0 atom stereocenters. The third-order valence-corrected chi connectivity index (χ3v) is 6.75. The zero-order valence-corrected chi connectivity index (χ0v) is 19.8. The van der Waals surface area contributed by atoms with Crippen molar-refractivity contribution in [2.45, 2.75) is 32.1 Å². The lowest BCUT2D eigenvalue weighted by Crippen LogP contribution is -2.24. The van der Waals surface area contributed by atoms with E-state index in [-0.39, 0.29) is 29.2 Å². The van der Waals surface area contributed by atoms with E-state index in [2.05, 4.69) is 16.0 Å². The van der Waals surface area contributed by atoms with Crippen molar-refractivity contribution in [2.75, 3.05) is 23.1 Å². The van der Waals surface area contributed by atoms with Crippen molar-refractivity contribution in [2.24, 2.45) is 5.92 Å². The molecule has 0 aromatic heterocycles. The molecule has 5 rings (SSSR count). The number of ether oxygens (including phenoxy) is 1. The Morgan fingerprint density at radius 2 is 1.69 bits per heavy atom. The molecule has 0 spiro atoms. The quantitative estimate of drug-likeness (QED) is 0.296. The number of hydrogen-bond donors (Lipinski definition) is 3. The third-order valence-electron chi connectivity index (χ3n) is 6.75. The van der Waals surface area contributed by atoms with Crippen LogP contribution in [-0.2, 0) is 4.79 Å². The molecule has 1 fully saturated rings. The van der Waals surface area contributed by atoms with Crippen LogP contribution in [0.3, 0.4) is 0 Å². The smallest absolute Gasteiger partial charge is 0.310 e. The number of methoxy groups -OCH3 is 1. The molecule has 0 radical (unpaired) electrons. The van der Waals surface area contributed by atoms with E-state index in [0.717, 1.165) is 31.2 Å². The Morgan fingerprint density at radius 1 is 0.944 bits per heavy atom. The van der Waals surface area contributed by atoms with Crippen LogP contribution < -0.4 is 20.7 Å². The van der Waals surface area contributed by atoms with Crippen molar-refractivity contribution in [3.8, 4) is 16.9 Å². The summed E-state index contributed by atoms with van der Waals surface area (Å²) in [4.78, 5) is 36.4. The minimum atomic E-state index is -0.493. The van der Waals surface area contributed by atoms with E-state index >= 15 is 0 Å². The Kier molecular flexibility index (Phi) is 6.28. The van der Waals surface area contributed by atoms with Crippen LogP contribution >= 0.6 is 0 Å². The van der Waals surface area contributed by atoms with Crippen molar-refractivity contribution >= 4 is 40.3 Å². The maximum absolute atomic E-state index is 12.9. The van der Waals surface area contributed by atoms with Gasteiger partial charge in [0.05, 0.1) is 34.7 Å². The minimum Gasteiger partial charge on any atom is -0.490 e. The van der Waals surface area contributed by atoms with Gasteiger partial charge in [0.25, 0.3) is 5.91 Å². The van der Waals surface area contributed by atoms with Gasteiger partial charge in [0, 0.05) is 17.7 Å². The van der Waals surface area contributed by atoms with Crippen molar-refractivity contribution in [3.63, 3.8) is 0 Å². The van der Waals surface area contributed by atoms with Gasteiger partial charge in [-0.05, 0) is 66.4 Å². The second-order valence-corrected chi connectivity index (χ2v) is 9.07. The van der Waals surface area contributed by atoms with Gasteiger partial charge < -0.3 is 20.7 Å². The number of nitrogens with zero attached hydrogens (tertiary/aromatic N) is 1. The number of anilines is 4. The number of nitro benzene ring substituents is 1. The number of nitrogens with one attached hydrogen (secondary N) is 3. The molecule has 1 aliphatic heterocycles. The molecule has 3 aromatic rings. The molecule has 3 aromatic carbocycles. The standard InChI is InChI=1S/C27H26N4O5/c1-36-25-14-18(8-12-24(25)31(34)35)17-7-10-20-22(13-17)29-23-15-19(9-11-21(23)30-27(20)33)28-26(32)16-5-3-2-4-6-16/h7-16,29H,2-6H2,1H3,(H,28,32)(H,30,33). The Morgan fingerprint density at radius 3 is 2.44 bits per heavy atom. The summed E-state index contributed by atoms with van der Waals surface area (Å²) in [7, 11) is 1.39. The van der Waals surface area contributed by atoms with E-state index in [1.807, 2.05) is 12.1 Å². The minimum absolute atomic E-state index is 0.0297. The van der Waals surface area contributed by atoms with Crippen LogP contribution in [-0.4, -0.2) is 23.8 Å². The first-order valence-corrected chi connectivity index (χ1v) is 11.9. The molecule has 1 aliphatic carbocycles. The molecule has 1 saturated carbocycles. The number of nitro groups is 1. The highest BCUT2D eigenvalue weighted by Gasteiger charge is 2.23. The van der Waals surface area contributed by atoms with Crippen LogP contribution in [0.5, 0.6) is 5.75 Å². The van der Waals surface area contributed by atoms with E-state index in [1.54, 1.807) is 36.4 Å². The fourth-order valence-corrected chi connectivity index (χ4v) is 4.81. The van der Waals surface area contributed by atoms with Crippen molar-refractivity contribution in [1.82, 2.24) is 0 Å². The molecule has 3 N–H and O–H groups in total. The Bertz CT molecular complexity index is 1360. The van der Waals surface area contributed by atoms with Gasteiger partial charge in [0.15, 0.2) is 5.75 Å². The lowest BCUT2D eigenvalue weighted by atomic mass is 9.88. The Balaban J connectivity index is 1.44. The van der Waals surface area contributed by atoms with Gasteiger partial charge in [-0.1, -0.05) is 25.3 Å². The van der Waals surface area contributed by atoms with Gasteiger partial charge in [-0.25, -0.2) is 0 Å². The maximum Gasteiger partial charge on any atom is 0.310 e. The Labute approximate surface area is 208 Å². The fourth-order valence-electron chi connectivity index (χ4n) is 4.81. The molecule has 0 unspecified atom stereocenters. The molecule has 2 aliphatic rings. The van der Waals surface area contributed by atoms with Crippen molar-refractivity contribution in [1.29, 1.82) is 0 Å². The van der Waals surface area contributed by atoms with Gasteiger partial charge in [0.1, 0.15) is 0 Å². The first-order valence-electron chi connectivity index (χ1n) is 11.9. The van der Waals surface area contributed by atoms with Crippen molar-refractivity contribution < 1.29 is 19.2 Å². The van der Waals surface area contributed by atoms with Gasteiger partial charge in [-0.2, -0.15) is 0 Å². The van der Waals surface area contributed by atoms with Crippen LogP contribution in [0.1, 0.15) is 42.5 Å². The predicted molar refractivity (Wildman–Crippen MR) is 138 cm³/mol. The zero-order chi connectivity index (χ0) is 25.2. The summed E-state index contributed by atoms with van der Waals surface area (Å²) in [6.07, 6.45) is 5.16. The second kappa shape index (κ2) is 9.69. The predicted octanol–water partition coefficient (Wildman–Crippen LogP) is 6.10. The number of carbonyl (C=O) groups excluding carboxylic acids is 2. The molecule has 9 heteroatoms. The summed E-state index contributed by atoms with van der Waals surface area (Å²) < 4.78 is 5.20. The number of fused-ring (bicyclic) bond motifs is 2. The third kappa shape index (κ3) is 4.59. The molecule has 184 valence electrons. The normalized spacial score (nSPS) is 15.0. The first-order chi connectivity index (χ1) is 17.4. The number of amides is 2. The van der Waals surface area contributed by atoms with Crippen LogP contribution in [0.15, 0.2) is 54.6 Å². The average molecular weight is 487 g/mol. The lowest BCUT2D eigenvalue weighted by molar-refractivity contribution is -0.385. The monoisotopic (exact) mass is 486 g/mol. The molecule has 36 heavy (non-hydrogen) atoms. The highest BCUT2D eigenvalue weighted by molar-refractivity contribution is 6.13. The summed E-state index contributed by atoms with van der Waals surface area (Å²) in [5.41, 5.74) is 4.30. The highest BCUT2D eigenvalue weighted by Crippen LogP contribution is 2.38. The molecule has 0 bridgehead atoms. The zero-order valence-electron chi connectivity index (χ0n) is 19.8. The molecule has 9 nitrogen and oxygen atoms in total. The van der Waals surface area contributed by atoms with Gasteiger partial charge in [-0.3, -0.25) is 19.7 Å². The molecule has 0 saturated heterocycles. The summed E-state index contributed by atoms with van der Waals surface area (Å²) in [5.74, 6) is -0.0424. The van der Waals surface area contributed by atoms with Crippen LogP contribution in [0, 0.1) is 16.0 Å². The van der Waals surface area contributed by atoms with E-state index in [4.69, 9.17) is 4.74 Å². The number of hydrogen-bond acceptors (Lipinski definition) is 6. The molecule has 2 amide bonds. The summed E-state index contributed by atoms with van der Waals surface area (Å²) in [5, 5.41) is 20.5. The first kappa shape index (κ1) is 23.3. The molecule has 1 heterocycles. The van der Waals surface area contributed by atoms with Crippen LogP contribution in [0.2, 0.25) is 0 Å². The van der Waals surface area contributed by atoms with Crippen LogP contribution in [0.25, 0.3) is 11.1 Å². The number of benzene rings is 3. The Hall–Kier alpha value is -4.40. The summed E-state index contributed by atoms with van der Waals surface area (Å²) in [6.45, 7) is 0. The van der Waals surface area contributed by atoms with Crippen LogP contribution in [0.4, 0.5) is 28.4 Å². The average Bonchev–Trinajstić information content (AvgIpc) is 3.03. The highest BCUT2D eigenvalue weighted by atomic mass is 16.6. The SMILES string of the molecule is COc1cc(-c2ccc3c(c2)Nc2cc(NC(=O)C4CCCCC4)ccc2NC3=O)ccc1[N+](=O)[O-].